The summed E-state index contributed by atoms with van der Waals surface area (Å²) in [6.45, 7) is 1.33. The van der Waals surface area contributed by atoms with Gasteiger partial charge in [-0.05, 0) is 68.2 Å². The zero-order valence-electron chi connectivity index (χ0n) is 16.8. The lowest BCUT2D eigenvalue weighted by Crippen LogP contribution is -2.55. The Labute approximate surface area is 179 Å². The van der Waals surface area contributed by atoms with Crippen molar-refractivity contribution in [1.29, 1.82) is 0 Å². The van der Waals surface area contributed by atoms with E-state index in [2.05, 4.69) is 34.1 Å². The number of nitrogens with two attached hydrogens (primary N) is 1. The van der Waals surface area contributed by atoms with Gasteiger partial charge in [-0.3, -0.25) is 9.69 Å². The average molecular weight is 462 g/mol. The van der Waals surface area contributed by atoms with Crippen LogP contribution in [0.2, 0.25) is 0 Å². The summed E-state index contributed by atoms with van der Waals surface area (Å²) >= 11 is 3.61. The first kappa shape index (κ1) is 19.5. The van der Waals surface area contributed by atoms with E-state index in [0.29, 0.717) is 19.2 Å². The van der Waals surface area contributed by atoms with Crippen LogP contribution in [0, 0.1) is 5.41 Å². The van der Waals surface area contributed by atoms with Crippen molar-refractivity contribution >= 4 is 27.8 Å². The van der Waals surface area contributed by atoms with Gasteiger partial charge in [-0.25, -0.2) is 4.99 Å². The van der Waals surface area contributed by atoms with E-state index < -0.39 is 5.54 Å². The number of ether oxygens (including phenoxy) is 2. The number of halogens is 1. The van der Waals surface area contributed by atoms with Gasteiger partial charge in [0.1, 0.15) is 0 Å². The minimum Gasteiger partial charge on any atom is -0.381 e. The molecule has 2 fully saturated rings. The molecule has 1 atom stereocenters. The van der Waals surface area contributed by atoms with Gasteiger partial charge in [0.05, 0.1) is 6.10 Å². The molecule has 1 aromatic rings. The standard InChI is InChI=1S/C22H28BrN3O3/c1-28-17-4-8-21(9-5-17)13-14-2-3-15(23)12-18(14)22(21)19(27)26(20(24)25-22)16-6-10-29-11-7-16/h2-3,12,16-17H,4-11,13H2,1H3,(H2,24,25). The maximum Gasteiger partial charge on any atom is 0.262 e. The number of rotatable bonds is 2. The first-order chi connectivity index (χ1) is 14.0. The smallest absolute Gasteiger partial charge is 0.262 e. The van der Waals surface area contributed by atoms with Crippen LogP contribution in [-0.4, -0.2) is 49.2 Å². The summed E-state index contributed by atoms with van der Waals surface area (Å²) in [5, 5.41) is 0. The Bertz CT molecular complexity index is 859. The lowest BCUT2D eigenvalue weighted by atomic mass is 9.61. The van der Waals surface area contributed by atoms with Crippen LogP contribution in [0.25, 0.3) is 0 Å². The summed E-state index contributed by atoms with van der Waals surface area (Å²) in [4.78, 5) is 21.0. The Morgan fingerprint density at radius 1 is 1.24 bits per heavy atom. The normalized spacial score (nSPS) is 34.8. The highest BCUT2D eigenvalue weighted by Gasteiger charge is 2.67. The summed E-state index contributed by atoms with van der Waals surface area (Å²) in [7, 11) is 1.78. The number of methoxy groups -OCH3 is 1. The minimum atomic E-state index is -0.910. The van der Waals surface area contributed by atoms with Crippen LogP contribution in [0.1, 0.15) is 49.7 Å². The van der Waals surface area contributed by atoms with Gasteiger partial charge in [-0.15, -0.1) is 0 Å². The molecule has 7 heteroatoms. The van der Waals surface area contributed by atoms with Crippen molar-refractivity contribution in [1.82, 2.24) is 4.90 Å². The van der Waals surface area contributed by atoms with Gasteiger partial charge in [-0.2, -0.15) is 0 Å². The number of benzene rings is 1. The van der Waals surface area contributed by atoms with Crippen molar-refractivity contribution in [2.75, 3.05) is 20.3 Å². The Hall–Kier alpha value is -1.44. The van der Waals surface area contributed by atoms with Crippen LogP contribution >= 0.6 is 15.9 Å². The predicted molar refractivity (Wildman–Crippen MR) is 114 cm³/mol. The maximum absolute atomic E-state index is 14.2. The molecule has 1 saturated heterocycles. The molecule has 2 aliphatic carbocycles. The van der Waals surface area contributed by atoms with Crippen molar-refractivity contribution in [2.45, 2.75) is 62.6 Å². The third-order valence-corrected chi connectivity index (χ3v) is 8.09. The largest absolute Gasteiger partial charge is 0.381 e. The number of guanidine groups is 1. The van der Waals surface area contributed by atoms with E-state index in [1.54, 1.807) is 12.0 Å². The van der Waals surface area contributed by atoms with E-state index in [1.165, 1.54) is 5.56 Å². The second-order valence-electron chi connectivity index (χ2n) is 8.89. The fraction of sp³-hybridized carbons (Fsp3) is 0.636. The van der Waals surface area contributed by atoms with E-state index in [0.717, 1.165) is 55.0 Å². The molecule has 0 radical (unpaired) electrons. The van der Waals surface area contributed by atoms with Gasteiger partial charge in [-0.1, -0.05) is 22.0 Å². The Morgan fingerprint density at radius 2 is 1.97 bits per heavy atom. The summed E-state index contributed by atoms with van der Waals surface area (Å²) < 4.78 is 12.1. The molecule has 2 N–H and O–H groups in total. The molecule has 6 nitrogen and oxygen atoms in total. The van der Waals surface area contributed by atoms with Gasteiger partial charge >= 0.3 is 0 Å². The Morgan fingerprint density at radius 3 is 2.66 bits per heavy atom. The van der Waals surface area contributed by atoms with E-state index in [4.69, 9.17) is 20.2 Å². The number of carbonyl (C=O) groups is 1. The summed E-state index contributed by atoms with van der Waals surface area (Å²) in [6, 6.07) is 6.38. The van der Waals surface area contributed by atoms with Crippen LogP contribution in [-0.2, 0) is 26.2 Å². The molecular weight excluding hydrogens is 434 g/mol. The van der Waals surface area contributed by atoms with Gasteiger partial charge in [0.2, 0.25) is 0 Å². The molecule has 0 bridgehead atoms. The average Bonchev–Trinajstić information content (AvgIpc) is 3.15. The van der Waals surface area contributed by atoms with E-state index in [1.807, 2.05) is 0 Å². The molecule has 4 aliphatic rings. The molecule has 1 aromatic carbocycles. The van der Waals surface area contributed by atoms with Gasteiger partial charge in [0.15, 0.2) is 11.5 Å². The highest BCUT2D eigenvalue weighted by molar-refractivity contribution is 9.10. The molecule has 0 aromatic heterocycles. The second-order valence-corrected chi connectivity index (χ2v) is 9.81. The van der Waals surface area contributed by atoms with E-state index >= 15 is 0 Å². The minimum absolute atomic E-state index is 0.0645. The molecule has 1 saturated carbocycles. The monoisotopic (exact) mass is 461 g/mol. The third kappa shape index (κ3) is 2.73. The van der Waals surface area contributed by atoms with E-state index in [9.17, 15) is 4.79 Å². The number of carbonyl (C=O) groups excluding carboxylic acids is 1. The highest BCUT2D eigenvalue weighted by atomic mass is 79.9. The van der Waals surface area contributed by atoms with Crippen molar-refractivity contribution < 1.29 is 14.3 Å². The summed E-state index contributed by atoms with van der Waals surface area (Å²) in [5.74, 6) is 0.442. The number of hydrogen-bond acceptors (Lipinski definition) is 5. The topological polar surface area (TPSA) is 77.2 Å². The van der Waals surface area contributed by atoms with Crippen molar-refractivity contribution in [3.8, 4) is 0 Å². The predicted octanol–water partition coefficient (Wildman–Crippen LogP) is 3.11. The Kier molecular flexibility index (Phi) is 4.76. The third-order valence-electron chi connectivity index (χ3n) is 7.59. The number of nitrogens with zero attached hydrogens (tertiary/aromatic N) is 2. The maximum atomic E-state index is 14.2. The van der Waals surface area contributed by atoms with E-state index in [-0.39, 0.29) is 23.5 Å². The first-order valence-corrected chi connectivity index (χ1v) is 11.4. The molecule has 5 rings (SSSR count). The fourth-order valence-corrected chi connectivity index (χ4v) is 6.47. The van der Waals surface area contributed by atoms with Crippen LogP contribution in [0.4, 0.5) is 0 Å². The lowest BCUT2D eigenvalue weighted by Gasteiger charge is -2.45. The molecule has 2 aliphatic heterocycles. The summed E-state index contributed by atoms with van der Waals surface area (Å²) in [6.07, 6.45) is 6.49. The number of fused-ring (bicyclic) bond motifs is 3. The molecule has 2 spiro atoms. The molecule has 1 unspecified atom stereocenters. The fourth-order valence-electron chi connectivity index (χ4n) is 6.10. The number of amides is 1. The van der Waals surface area contributed by atoms with Crippen molar-refractivity contribution in [3.63, 3.8) is 0 Å². The highest BCUT2D eigenvalue weighted by Crippen LogP contribution is 2.62. The molecule has 156 valence electrons. The number of aliphatic imine (C=N–C) groups is 1. The van der Waals surface area contributed by atoms with Crippen molar-refractivity contribution in [2.24, 2.45) is 16.1 Å². The van der Waals surface area contributed by atoms with Gasteiger partial charge < -0.3 is 15.2 Å². The van der Waals surface area contributed by atoms with Crippen LogP contribution in [0.15, 0.2) is 27.7 Å². The molecule has 29 heavy (non-hydrogen) atoms. The molecule has 2 heterocycles. The molecule has 1 amide bonds. The zero-order chi connectivity index (χ0) is 20.2. The Balaban J connectivity index is 1.61. The SMILES string of the molecule is COC1CCC2(CC1)Cc1ccc(Br)cc1C21N=C(N)N(C2CCOCC2)C1=O. The molecular formula is C22H28BrN3O3. The van der Waals surface area contributed by atoms with Gasteiger partial charge in [0.25, 0.3) is 5.91 Å². The summed E-state index contributed by atoms with van der Waals surface area (Å²) in [5.41, 5.74) is 7.59. The van der Waals surface area contributed by atoms with Crippen LogP contribution in [0.3, 0.4) is 0 Å². The zero-order valence-corrected chi connectivity index (χ0v) is 18.4. The van der Waals surface area contributed by atoms with Crippen LogP contribution in [0.5, 0.6) is 0 Å². The lowest BCUT2D eigenvalue weighted by molar-refractivity contribution is -0.141. The first-order valence-electron chi connectivity index (χ1n) is 10.6. The van der Waals surface area contributed by atoms with Gasteiger partial charge in [0, 0.05) is 36.3 Å². The second kappa shape index (κ2) is 7.06. The van der Waals surface area contributed by atoms with Crippen molar-refractivity contribution in [3.05, 3.63) is 33.8 Å². The van der Waals surface area contributed by atoms with Crippen LogP contribution < -0.4 is 5.73 Å². The number of hydrogen-bond donors (Lipinski definition) is 1. The quantitative estimate of drug-likeness (QED) is 0.733.